The highest BCUT2D eigenvalue weighted by atomic mass is 16.5. The second kappa shape index (κ2) is 6.17. The highest BCUT2D eigenvalue weighted by molar-refractivity contribution is 5.88. The zero-order chi connectivity index (χ0) is 12.8. The third-order valence-corrected chi connectivity index (χ3v) is 2.50. The molecule has 0 radical (unpaired) electrons. The lowest BCUT2D eigenvalue weighted by molar-refractivity contribution is -0.136. The number of hydrogen-bond acceptors (Lipinski definition) is 3. The molecule has 0 bridgehead atoms. The third kappa shape index (κ3) is 3.94. The minimum Gasteiger partial charge on any atom is -0.456 e. The molecule has 0 fully saturated rings. The molecule has 0 amide bonds. The minimum atomic E-state index is -0.953. The van der Waals surface area contributed by atoms with E-state index in [1.54, 1.807) is 6.92 Å². The zero-order valence-electron chi connectivity index (χ0n) is 10.3. The standard InChI is InChI=1S/C13H18O3/c1-6-10(3)13(4,5)11(14)8-9-12(15)16-7-2/h11,14H,1,7H2,2-5H3. The van der Waals surface area contributed by atoms with Gasteiger partial charge < -0.3 is 9.84 Å². The van der Waals surface area contributed by atoms with E-state index in [0.717, 1.165) is 5.57 Å². The van der Waals surface area contributed by atoms with Gasteiger partial charge in [0, 0.05) is 11.3 Å². The Balaban J connectivity index is 4.75. The number of aliphatic hydroxyl groups is 1. The van der Waals surface area contributed by atoms with Gasteiger partial charge in [-0.1, -0.05) is 26.3 Å². The normalized spacial score (nSPS) is 11.8. The van der Waals surface area contributed by atoms with E-state index in [1.165, 1.54) is 0 Å². The van der Waals surface area contributed by atoms with Gasteiger partial charge in [-0.15, -0.1) is 5.73 Å². The lowest BCUT2D eigenvalue weighted by atomic mass is 9.80. The first-order valence-electron chi connectivity index (χ1n) is 5.09. The Morgan fingerprint density at radius 2 is 2.12 bits per heavy atom. The van der Waals surface area contributed by atoms with Crippen molar-refractivity contribution in [3.63, 3.8) is 0 Å². The summed E-state index contributed by atoms with van der Waals surface area (Å²) in [5, 5.41) is 9.83. The van der Waals surface area contributed by atoms with E-state index < -0.39 is 17.5 Å². The van der Waals surface area contributed by atoms with Crippen molar-refractivity contribution in [3.8, 4) is 11.8 Å². The van der Waals surface area contributed by atoms with Gasteiger partial charge in [0.15, 0.2) is 0 Å². The number of aliphatic hydroxyl groups excluding tert-OH is 1. The second-order valence-corrected chi connectivity index (χ2v) is 3.92. The van der Waals surface area contributed by atoms with Crippen LogP contribution in [0.4, 0.5) is 0 Å². The molecule has 3 nitrogen and oxygen atoms in total. The van der Waals surface area contributed by atoms with Crippen LogP contribution in [-0.2, 0) is 9.53 Å². The molecule has 0 rings (SSSR count). The number of ether oxygens (including phenoxy) is 1. The van der Waals surface area contributed by atoms with Crippen LogP contribution in [0.25, 0.3) is 0 Å². The maximum Gasteiger partial charge on any atom is 0.384 e. The van der Waals surface area contributed by atoms with Crippen LogP contribution in [0.5, 0.6) is 0 Å². The number of esters is 1. The van der Waals surface area contributed by atoms with Crippen molar-refractivity contribution in [1.82, 2.24) is 0 Å². The molecule has 0 saturated heterocycles. The topological polar surface area (TPSA) is 46.5 Å². The summed E-state index contributed by atoms with van der Waals surface area (Å²) < 4.78 is 4.63. The van der Waals surface area contributed by atoms with E-state index in [9.17, 15) is 9.90 Å². The van der Waals surface area contributed by atoms with Gasteiger partial charge >= 0.3 is 5.97 Å². The second-order valence-electron chi connectivity index (χ2n) is 3.92. The van der Waals surface area contributed by atoms with Gasteiger partial charge in [0.2, 0.25) is 0 Å². The summed E-state index contributed by atoms with van der Waals surface area (Å²) in [6.07, 6.45) is -0.953. The Labute approximate surface area is 96.8 Å². The van der Waals surface area contributed by atoms with Gasteiger partial charge in [-0.05, 0) is 19.4 Å². The Bertz CT molecular complexity index is 362. The van der Waals surface area contributed by atoms with Crippen molar-refractivity contribution in [2.45, 2.75) is 33.8 Å². The van der Waals surface area contributed by atoms with Crippen LogP contribution < -0.4 is 0 Å². The first kappa shape index (κ1) is 14.5. The quantitative estimate of drug-likeness (QED) is 0.342. The van der Waals surface area contributed by atoms with Crippen molar-refractivity contribution in [2.75, 3.05) is 6.61 Å². The molecule has 0 spiro atoms. The molecular formula is C13H18O3. The van der Waals surface area contributed by atoms with Crippen LogP contribution in [0.15, 0.2) is 17.9 Å². The Morgan fingerprint density at radius 3 is 2.56 bits per heavy atom. The summed E-state index contributed by atoms with van der Waals surface area (Å²) in [5.74, 6) is 4.08. The summed E-state index contributed by atoms with van der Waals surface area (Å²) in [4.78, 5) is 11.0. The molecule has 0 aromatic heterocycles. The molecule has 0 aromatic rings. The summed E-state index contributed by atoms with van der Waals surface area (Å²) in [6.45, 7) is 10.9. The first-order valence-corrected chi connectivity index (χ1v) is 5.09. The van der Waals surface area contributed by atoms with Gasteiger partial charge in [0.1, 0.15) is 6.10 Å². The van der Waals surface area contributed by atoms with Gasteiger partial charge in [-0.3, -0.25) is 0 Å². The van der Waals surface area contributed by atoms with Crippen molar-refractivity contribution in [2.24, 2.45) is 5.41 Å². The molecule has 0 aliphatic rings. The fraction of sp³-hybridized carbons (Fsp3) is 0.538. The first-order chi connectivity index (χ1) is 7.36. The number of carbonyl (C=O) groups excluding carboxylic acids is 1. The molecule has 0 aromatic carbocycles. The number of rotatable bonds is 3. The Hall–Kier alpha value is -1.49. The molecule has 88 valence electrons. The van der Waals surface area contributed by atoms with Crippen LogP contribution in [-0.4, -0.2) is 23.8 Å². The van der Waals surface area contributed by atoms with E-state index in [2.05, 4.69) is 28.9 Å². The van der Waals surface area contributed by atoms with Gasteiger partial charge in [0.25, 0.3) is 0 Å². The van der Waals surface area contributed by atoms with Crippen molar-refractivity contribution >= 4 is 5.97 Å². The van der Waals surface area contributed by atoms with E-state index in [1.807, 2.05) is 20.8 Å². The Morgan fingerprint density at radius 1 is 1.56 bits per heavy atom. The minimum absolute atomic E-state index is 0.276. The van der Waals surface area contributed by atoms with E-state index in [-0.39, 0.29) is 6.61 Å². The molecule has 1 N–H and O–H groups in total. The highest BCUT2D eigenvalue weighted by Gasteiger charge is 2.28. The SMILES string of the molecule is C=C=C(C)C(C)(C)C(O)C#CC(=O)OCC. The monoisotopic (exact) mass is 222 g/mol. The maximum absolute atomic E-state index is 11.0. The highest BCUT2D eigenvalue weighted by Crippen LogP contribution is 2.28. The molecule has 1 atom stereocenters. The lowest BCUT2D eigenvalue weighted by Crippen LogP contribution is -2.29. The molecule has 16 heavy (non-hydrogen) atoms. The smallest absolute Gasteiger partial charge is 0.384 e. The third-order valence-electron chi connectivity index (χ3n) is 2.50. The van der Waals surface area contributed by atoms with E-state index >= 15 is 0 Å². The molecular weight excluding hydrogens is 204 g/mol. The van der Waals surface area contributed by atoms with Crippen LogP contribution in [0.1, 0.15) is 27.7 Å². The van der Waals surface area contributed by atoms with Gasteiger partial charge in [-0.2, -0.15) is 0 Å². The van der Waals surface area contributed by atoms with Crippen molar-refractivity contribution in [3.05, 3.63) is 17.9 Å². The Kier molecular flexibility index (Phi) is 5.60. The van der Waals surface area contributed by atoms with E-state index in [4.69, 9.17) is 0 Å². The molecule has 0 aliphatic heterocycles. The summed E-state index contributed by atoms with van der Waals surface area (Å²) in [5.41, 5.74) is 2.93. The average Bonchev–Trinajstić information content (AvgIpc) is 2.24. The fourth-order valence-electron chi connectivity index (χ4n) is 0.908. The molecule has 3 heteroatoms. The largest absolute Gasteiger partial charge is 0.456 e. The van der Waals surface area contributed by atoms with Crippen molar-refractivity contribution in [1.29, 1.82) is 0 Å². The van der Waals surface area contributed by atoms with Crippen LogP contribution in [0.2, 0.25) is 0 Å². The molecule has 1 unspecified atom stereocenters. The van der Waals surface area contributed by atoms with Gasteiger partial charge in [0.05, 0.1) is 6.61 Å². The van der Waals surface area contributed by atoms with Crippen molar-refractivity contribution < 1.29 is 14.6 Å². The molecule has 0 saturated carbocycles. The summed E-state index contributed by atoms with van der Waals surface area (Å²) in [7, 11) is 0. The van der Waals surface area contributed by atoms with Crippen LogP contribution in [0.3, 0.4) is 0 Å². The fourth-order valence-corrected chi connectivity index (χ4v) is 0.908. The van der Waals surface area contributed by atoms with E-state index in [0.29, 0.717) is 0 Å². The summed E-state index contributed by atoms with van der Waals surface area (Å²) in [6, 6.07) is 0. The molecule has 0 aliphatic carbocycles. The molecule has 0 heterocycles. The van der Waals surface area contributed by atoms with Crippen LogP contribution in [0, 0.1) is 17.3 Å². The lowest BCUT2D eigenvalue weighted by Gasteiger charge is -2.26. The predicted molar refractivity (Wildman–Crippen MR) is 62.5 cm³/mol. The zero-order valence-corrected chi connectivity index (χ0v) is 10.3. The number of carbonyl (C=O) groups is 1. The van der Waals surface area contributed by atoms with Crippen LogP contribution >= 0.6 is 0 Å². The van der Waals surface area contributed by atoms with Gasteiger partial charge in [-0.25, -0.2) is 4.79 Å². The average molecular weight is 222 g/mol. The predicted octanol–water partition coefficient (Wildman–Crippen LogP) is 1.67. The number of hydrogen-bond donors (Lipinski definition) is 1. The summed E-state index contributed by atoms with van der Waals surface area (Å²) >= 11 is 0. The maximum atomic E-state index is 11.0.